The highest BCUT2D eigenvalue weighted by molar-refractivity contribution is 5.98. The quantitative estimate of drug-likeness (QED) is 0.380. The fraction of sp³-hybridized carbons (Fsp3) is 0.360. The Bertz CT molecular complexity index is 1140. The Balaban J connectivity index is 1.33. The van der Waals surface area contributed by atoms with Gasteiger partial charge in [0.15, 0.2) is 0 Å². The lowest BCUT2D eigenvalue weighted by atomic mass is 10.0. The van der Waals surface area contributed by atoms with E-state index >= 15 is 0 Å². The number of amides is 2. The van der Waals surface area contributed by atoms with Crippen molar-refractivity contribution in [2.24, 2.45) is 11.7 Å². The first-order valence-corrected chi connectivity index (χ1v) is 11.3. The van der Waals surface area contributed by atoms with Gasteiger partial charge in [0.05, 0.1) is 6.04 Å². The van der Waals surface area contributed by atoms with Crippen LogP contribution in [-0.4, -0.2) is 48.0 Å². The Morgan fingerprint density at radius 3 is 2.58 bits per heavy atom. The summed E-state index contributed by atoms with van der Waals surface area (Å²) in [5.41, 5.74) is 9.07. The molecule has 0 radical (unpaired) electrons. The molecule has 0 aliphatic carbocycles. The first-order chi connectivity index (χ1) is 15.8. The van der Waals surface area contributed by atoms with Crippen LogP contribution in [0.25, 0.3) is 22.0 Å². The topological polar surface area (TPSA) is 112 Å². The Kier molecular flexibility index (Phi) is 6.76. The SMILES string of the molecule is CC(C)C(N)C(=O)N[C@@H]1CN[C@H](CNC(=O)c2cc3ccc(-c4ccc(F)cc4)cc3[nH]2)C1. The number of nitrogens with one attached hydrogen (secondary N) is 4. The lowest BCUT2D eigenvalue weighted by Gasteiger charge is -2.18. The average molecular weight is 452 g/mol. The van der Waals surface area contributed by atoms with Crippen molar-refractivity contribution in [3.8, 4) is 11.1 Å². The van der Waals surface area contributed by atoms with Crippen LogP contribution in [0.2, 0.25) is 0 Å². The summed E-state index contributed by atoms with van der Waals surface area (Å²) < 4.78 is 13.2. The minimum absolute atomic E-state index is 0.00200. The van der Waals surface area contributed by atoms with Gasteiger partial charge in [-0.2, -0.15) is 0 Å². The summed E-state index contributed by atoms with van der Waals surface area (Å²) in [4.78, 5) is 28.0. The summed E-state index contributed by atoms with van der Waals surface area (Å²) in [5, 5.41) is 10.2. The molecule has 1 aromatic heterocycles. The predicted molar refractivity (Wildman–Crippen MR) is 127 cm³/mol. The maximum atomic E-state index is 13.2. The van der Waals surface area contributed by atoms with E-state index in [0.717, 1.165) is 28.5 Å². The second kappa shape index (κ2) is 9.72. The molecule has 2 aromatic carbocycles. The van der Waals surface area contributed by atoms with Crippen LogP contribution in [-0.2, 0) is 4.79 Å². The molecule has 1 unspecified atom stereocenters. The minimum atomic E-state index is -0.519. The zero-order chi connectivity index (χ0) is 23.5. The highest BCUT2D eigenvalue weighted by Gasteiger charge is 2.28. The van der Waals surface area contributed by atoms with E-state index < -0.39 is 6.04 Å². The maximum Gasteiger partial charge on any atom is 0.267 e. The molecule has 3 aromatic rings. The molecule has 2 heterocycles. The second-order valence-electron chi connectivity index (χ2n) is 9.02. The number of aromatic nitrogens is 1. The van der Waals surface area contributed by atoms with Crippen molar-refractivity contribution in [2.45, 2.75) is 38.4 Å². The molecule has 8 heteroatoms. The number of fused-ring (bicyclic) bond motifs is 1. The van der Waals surface area contributed by atoms with E-state index in [9.17, 15) is 14.0 Å². The molecule has 1 aliphatic heterocycles. The Hall–Kier alpha value is -3.23. The predicted octanol–water partition coefficient (Wildman–Crippen LogP) is 2.53. The van der Waals surface area contributed by atoms with Crippen molar-refractivity contribution < 1.29 is 14.0 Å². The number of H-pyrrole nitrogens is 1. The van der Waals surface area contributed by atoms with Crippen molar-refractivity contribution in [1.82, 2.24) is 20.9 Å². The van der Waals surface area contributed by atoms with E-state index in [1.54, 1.807) is 12.1 Å². The van der Waals surface area contributed by atoms with Crippen molar-refractivity contribution in [3.05, 3.63) is 60.0 Å². The van der Waals surface area contributed by atoms with Gasteiger partial charge in [0.1, 0.15) is 11.5 Å². The van der Waals surface area contributed by atoms with Crippen LogP contribution in [0.4, 0.5) is 4.39 Å². The normalized spacial score (nSPS) is 19.1. The van der Waals surface area contributed by atoms with Gasteiger partial charge in [-0.25, -0.2) is 4.39 Å². The van der Waals surface area contributed by atoms with Gasteiger partial charge in [-0.05, 0) is 47.7 Å². The van der Waals surface area contributed by atoms with Gasteiger partial charge >= 0.3 is 0 Å². The van der Waals surface area contributed by atoms with Gasteiger partial charge in [-0.1, -0.05) is 38.1 Å². The van der Waals surface area contributed by atoms with E-state index in [2.05, 4.69) is 20.9 Å². The number of carbonyl (C=O) groups is 2. The van der Waals surface area contributed by atoms with E-state index in [1.807, 2.05) is 38.1 Å². The molecule has 0 saturated carbocycles. The third kappa shape index (κ3) is 5.40. The molecule has 33 heavy (non-hydrogen) atoms. The Morgan fingerprint density at radius 2 is 1.85 bits per heavy atom. The summed E-state index contributed by atoms with van der Waals surface area (Å²) in [6, 6.07) is 13.5. The minimum Gasteiger partial charge on any atom is -0.351 e. The summed E-state index contributed by atoms with van der Waals surface area (Å²) in [5.74, 6) is -0.522. The Labute approximate surface area is 192 Å². The van der Waals surface area contributed by atoms with Crippen LogP contribution < -0.4 is 21.7 Å². The molecule has 7 nitrogen and oxygen atoms in total. The molecule has 3 atom stereocenters. The molecule has 0 spiro atoms. The number of hydrogen-bond acceptors (Lipinski definition) is 4. The average Bonchev–Trinajstić information content (AvgIpc) is 3.43. The lowest BCUT2D eigenvalue weighted by molar-refractivity contribution is -0.123. The van der Waals surface area contributed by atoms with E-state index in [0.29, 0.717) is 18.8 Å². The Morgan fingerprint density at radius 1 is 1.12 bits per heavy atom. The van der Waals surface area contributed by atoms with E-state index in [1.165, 1.54) is 12.1 Å². The lowest BCUT2D eigenvalue weighted by Crippen LogP contribution is -2.48. The summed E-state index contributed by atoms with van der Waals surface area (Å²) in [6.07, 6.45) is 0.727. The van der Waals surface area contributed by atoms with Crippen molar-refractivity contribution in [3.63, 3.8) is 0 Å². The molecular weight excluding hydrogens is 421 g/mol. The van der Waals surface area contributed by atoms with Crippen molar-refractivity contribution >= 4 is 22.7 Å². The standard InChI is InChI=1S/C25H30FN5O2/c1-14(2)23(27)25(33)30-20-11-19(28-13-20)12-29-24(32)22-10-17-4-3-16(9-21(17)31-22)15-5-7-18(26)8-6-15/h3-10,14,19-20,23,28,31H,11-13,27H2,1-2H3,(H,29,32)(H,30,33)/t19-,20-,23?/m0/s1. The zero-order valence-corrected chi connectivity index (χ0v) is 18.8. The summed E-state index contributed by atoms with van der Waals surface area (Å²) in [6.45, 7) is 4.94. The molecule has 6 N–H and O–H groups in total. The van der Waals surface area contributed by atoms with Crippen LogP contribution in [0.15, 0.2) is 48.5 Å². The molecule has 0 bridgehead atoms. The fourth-order valence-electron chi connectivity index (χ4n) is 4.07. The summed E-state index contributed by atoms with van der Waals surface area (Å²) >= 11 is 0. The molecule has 2 amide bonds. The van der Waals surface area contributed by atoms with Gasteiger partial charge in [0.2, 0.25) is 5.91 Å². The van der Waals surface area contributed by atoms with Crippen LogP contribution in [0.5, 0.6) is 0 Å². The fourth-order valence-corrected chi connectivity index (χ4v) is 4.07. The maximum absolute atomic E-state index is 13.2. The number of aromatic amines is 1. The van der Waals surface area contributed by atoms with Crippen molar-refractivity contribution in [1.29, 1.82) is 0 Å². The van der Waals surface area contributed by atoms with E-state index in [4.69, 9.17) is 5.73 Å². The number of benzene rings is 2. The van der Waals surface area contributed by atoms with Gasteiger partial charge in [-0.3, -0.25) is 9.59 Å². The highest BCUT2D eigenvalue weighted by Crippen LogP contribution is 2.25. The molecule has 174 valence electrons. The number of rotatable bonds is 7. The number of carbonyl (C=O) groups excluding carboxylic acids is 2. The van der Waals surface area contributed by atoms with Crippen LogP contribution in [0.3, 0.4) is 0 Å². The zero-order valence-electron chi connectivity index (χ0n) is 18.8. The molecule has 1 fully saturated rings. The first-order valence-electron chi connectivity index (χ1n) is 11.3. The van der Waals surface area contributed by atoms with E-state index in [-0.39, 0.29) is 35.6 Å². The number of halogens is 1. The monoisotopic (exact) mass is 451 g/mol. The highest BCUT2D eigenvalue weighted by atomic mass is 19.1. The number of hydrogen-bond donors (Lipinski definition) is 5. The van der Waals surface area contributed by atoms with Gasteiger partial charge in [0, 0.05) is 36.1 Å². The van der Waals surface area contributed by atoms with Crippen LogP contribution >= 0.6 is 0 Å². The van der Waals surface area contributed by atoms with Crippen LogP contribution in [0, 0.1) is 11.7 Å². The van der Waals surface area contributed by atoms with Gasteiger partial charge in [0.25, 0.3) is 5.91 Å². The van der Waals surface area contributed by atoms with Crippen LogP contribution in [0.1, 0.15) is 30.8 Å². The third-order valence-corrected chi connectivity index (χ3v) is 6.14. The third-order valence-electron chi connectivity index (χ3n) is 6.14. The second-order valence-corrected chi connectivity index (χ2v) is 9.02. The molecular formula is C25H30FN5O2. The summed E-state index contributed by atoms with van der Waals surface area (Å²) in [7, 11) is 0. The molecule has 4 rings (SSSR count). The molecule has 1 saturated heterocycles. The smallest absolute Gasteiger partial charge is 0.267 e. The van der Waals surface area contributed by atoms with Crippen molar-refractivity contribution in [2.75, 3.05) is 13.1 Å². The molecule has 1 aliphatic rings. The van der Waals surface area contributed by atoms with Gasteiger partial charge < -0.3 is 26.7 Å². The van der Waals surface area contributed by atoms with Gasteiger partial charge in [-0.15, -0.1) is 0 Å². The largest absolute Gasteiger partial charge is 0.351 e. The number of nitrogens with two attached hydrogens (primary N) is 1. The first kappa shape index (κ1) is 22.9.